The number of aromatic amines is 1. The molecule has 1 amide bonds. The molecule has 0 spiro atoms. The van der Waals surface area contributed by atoms with Crippen LogP contribution in [0.2, 0.25) is 10.0 Å². The molecule has 2 heterocycles. The van der Waals surface area contributed by atoms with Crippen LogP contribution in [0.5, 0.6) is 0 Å². The number of carboxylic acids is 1. The van der Waals surface area contributed by atoms with Crippen LogP contribution in [0, 0.1) is 6.92 Å². The van der Waals surface area contributed by atoms with Crippen LogP contribution >= 0.6 is 34.5 Å². The zero-order valence-electron chi connectivity index (χ0n) is 12.6. The number of benzene rings is 1. The summed E-state index contributed by atoms with van der Waals surface area (Å²) >= 11 is 13.3. The number of hydrogen-bond donors (Lipinski definition) is 2. The van der Waals surface area contributed by atoms with Gasteiger partial charge < -0.3 is 10.1 Å². The van der Waals surface area contributed by atoms with E-state index in [9.17, 15) is 9.59 Å². The van der Waals surface area contributed by atoms with Crippen LogP contribution in [0.4, 0.5) is 5.13 Å². The van der Waals surface area contributed by atoms with Gasteiger partial charge in [-0.05, 0) is 25.1 Å². The maximum absolute atomic E-state index is 12.6. The number of aromatic nitrogens is 2. The van der Waals surface area contributed by atoms with Gasteiger partial charge in [0.1, 0.15) is 5.69 Å². The first-order valence-corrected chi connectivity index (χ1v) is 8.32. The number of nitrogens with one attached hydrogen (secondary N) is 1. The second-order valence-electron chi connectivity index (χ2n) is 5.10. The third-order valence-corrected chi connectivity index (χ3v) is 5.53. The molecule has 0 aliphatic carbocycles. The molecule has 1 aromatic carbocycles. The fraction of sp³-hybridized carbons (Fsp3) is 0.133. The van der Waals surface area contributed by atoms with Gasteiger partial charge in [0.2, 0.25) is 0 Å². The van der Waals surface area contributed by atoms with Crippen molar-refractivity contribution in [3.8, 4) is 0 Å². The molecular weight excluding hydrogens is 373 g/mol. The highest BCUT2D eigenvalue weighted by Crippen LogP contribution is 2.33. The number of carboxylic acid groups (broad SMARTS) is 1. The summed E-state index contributed by atoms with van der Waals surface area (Å²) in [6.45, 7) is 1.72. The molecule has 0 aliphatic heterocycles. The fourth-order valence-electron chi connectivity index (χ4n) is 2.16. The van der Waals surface area contributed by atoms with Crippen LogP contribution in [-0.4, -0.2) is 34.0 Å². The quantitative estimate of drug-likeness (QED) is 0.708. The minimum Gasteiger partial charge on any atom is -0.478 e. The normalized spacial score (nSPS) is 11.0. The maximum Gasteiger partial charge on any atom is 0.335 e. The van der Waals surface area contributed by atoms with Crippen molar-refractivity contribution in [3.63, 3.8) is 0 Å². The van der Waals surface area contributed by atoms with Gasteiger partial charge >= 0.3 is 5.97 Å². The largest absolute Gasteiger partial charge is 0.478 e. The van der Waals surface area contributed by atoms with Crippen molar-refractivity contribution in [1.82, 2.24) is 9.97 Å². The van der Waals surface area contributed by atoms with Crippen LogP contribution < -0.4 is 4.90 Å². The molecule has 0 aliphatic rings. The Morgan fingerprint density at radius 3 is 2.58 bits per heavy atom. The van der Waals surface area contributed by atoms with Gasteiger partial charge in [-0.2, -0.15) is 0 Å². The zero-order valence-corrected chi connectivity index (χ0v) is 14.9. The summed E-state index contributed by atoms with van der Waals surface area (Å²) in [5.74, 6) is -1.40. The van der Waals surface area contributed by atoms with Gasteiger partial charge in [-0.1, -0.05) is 34.5 Å². The van der Waals surface area contributed by atoms with E-state index in [4.69, 9.17) is 28.3 Å². The number of hydrogen-bond acceptors (Lipinski definition) is 4. The van der Waals surface area contributed by atoms with E-state index in [2.05, 4.69) is 9.97 Å². The summed E-state index contributed by atoms with van der Waals surface area (Å²) in [4.78, 5) is 32.2. The molecule has 124 valence electrons. The first-order chi connectivity index (χ1) is 11.3. The molecule has 2 aromatic heterocycles. The van der Waals surface area contributed by atoms with Gasteiger partial charge in [-0.15, -0.1) is 0 Å². The van der Waals surface area contributed by atoms with E-state index in [-0.39, 0.29) is 22.2 Å². The number of aryl methyl sites for hydroxylation is 1. The van der Waals surface area contributed by atoms with Crippen molar-refractivity contribution < 1.29 is 14.7 Å². The van der Waals surface area contributed by atoms with Gasteiger partial charge in [-0.25, -0.2) is 9.78 Å². The molecule has 0 saturated heterocycles. The van der Waals surface area contributed by atoms with E-state index in [1.807, 2.05) is 0 Å². The summed E-state index contributed by atoms with van der Waals surface area (Å²) in [5, 5.41) is 9.95. The van der Waals surface area contributed by atoms with Gasteiger partial charge in [0, 0.05) is 12.7 Å². The predicted molar refractivity (Wildman–Crippen MR) is 94.9 cm³/mol. The van der Waals surface area contributed by atoms with E-state index >= 15 is 0 Å². The average molecular weight is 384 g/mol. The standard InChI is InChI=1S/C15H11Cl2N3O3S/c1-6-10(16)11(17)12(18-6)13(21)20(2)15-19-8-4-3-7(14(22)23)5-9(8)24-15/h3-5,18H,1-2H3,(H,22,23). The summed E-state index contributed by atoms with van der Waals surface area (Å²) < 4.78 is 0.677. The van der Waals surface area contributed by atoms with Gasteiger partial charge in [-0.3, -0.25) is 9.69 Å². The summed E-state index contributed by atoms with van der Waals surface area (Å²) in [6.07, 6.45) is 0. The number of halogens is 2. The lowest BCUT2D eigenvalue weighted by molar-refractivity contribution is 0.0697. The Morgan fingerprint density at radius 1 is 1.29 bits per heavy atom. The second kappa shape index (κ2) is 6.08. The topological polar surface area (TPSA) is 86.3 Å². The highest BCUT2D eigenvalue weighted by molar-refractivity contribution is 7.22. The Hall–Kier alpha value is -2.09. The Balaban J connectivity index is 1.98. The number of anilines is 1. The molecule has 24 heavy (non-hydrogen) atoms. The smallest absolute Gasteiger partial charge is 0.335 e. The van der Waals surface area contributed by atoms with E-state index in [0.717, 1.165) is 0 Å². The maximum atomic E-state index is 12.6. The zero-order chi connectivity index (χ0) is 17.6. The Labute approximate surface area is 150 Å². The number of aromatic carboxylic acids is 1. The number of carbonyl (C=O) groups excluding carboxylic acids is 1. The molecule has 3 aromatic rings. The van der Waals surface area contributed by atoms with Crippen molar-refractivity contribution in [2.75, 3.05) is 11.9 Å². The number of thiazole rings is 1. The number of nitrogens with zero attached hydrogens (tertiary/aromatic N) is 2. The van der Waals surface area contributed by atoms with Crippen LogP contribution in [-0.2, 0) is 0 Å². The van der Waals surface area contributed by atoms with Gasteiger partial charge in [0.05, 0.1) is 25.8 Å². The number of rotatable bonds is 3. The summed E-state index contributed by atoms with van der Waals surface area (Å²) in [6, 6.07) is 4.61. The van der Waals surface area contributed by atoms with Crippen molar-refractivity contribution in [1.29, 1.82) is 0 Å². The Bertz CT molecular complexity index is 980. The third-order valence-electron chi connectivity index (χ3n) is 3.48. The van der Waals surface area contributed by atoms with Crippen molar-refractivity contribution in [2.45, 2.75) is 6.92 Å². The molecule has 0 bridgehead atoms. The first-order valence-electron chi connectivity index (χ1n) is 6.75. The highest BCUT2D eigenvalue weighted by Gasteiger charge is 2.24. The molecule has 6 nitrogen and oxygen atoms in total. The van der Waals surface area contributed by atoms with Crippen LogP contribution in [0.3, 0.4) is 0 Å². The average Bonchev–Trinajstić information content (AvgIpc) is 3.09. The minimum absolute atomic E-state index is 0.167. The van der Waals surface area contributed by atoms with Crippen molar-refractivity contribution >= 4 is 61.8 Å². The van der Waals surface area contributed by atoms with Crippen molar-refractivity contribution in [2.24, 2.45) is 0 Å². The number of amides is 1. The lowest BCUT2D eigenvalue weighted by Crippen LogP contribution is -2.26. The monoisotopic (exact) mass is 383 g/mol. The van der Waals surface area contributed by atoms with E-state index in [0.29, 0.717) is 26.1 Å². The molecule has 0 atom stereocenters. The molecule has 0 radical (unpaired) electrons. The van der Waals surface area contributed by atoms with E-state index in [1.54, 1.807) is 20.0 Å². The predicted octanol–water partition coefficient (Wildman–Crippen LogP) is 4.21. The fourth-order valence-corrected chi connectivity index (χ4v) is 3.54. The van der Waals surface area contributed by atoms with Gasteiger partial charge in [0.25, 0.3) is 5.91 Å². The SMILES string of the molecule is Cc1[nH]c(C(=O)N(C)c2nc3ccc(C(=O)O)cc3s2)c(Cl)c1Cl. The third kappa shape index (κ3) is 2.75. The second-order valence-corrected chi connectivity index (χ2v) is 6.87. The van der Waals surface area contributed by atoms with Crippen LogP contribution in [0.15, 0.2) is 18.2 Å². The number of carbonyl (C=O) groups is 2. The molecular formula is C15H11Cl2N3O3S. The number of H-pyrrole nitrogens is 1. The van der Waals surface area contributed by atoms with E-state index in [1.165, 1.54) is 28.4 Å². The highest BCUT2D eigenvalue weighted by atomic mass is 35.5. The molecule has 0 fully saturated rings. The van der Waals surface area contributed by atoms with Crippen LogP contribution in [0.25, 0.3) is 10.2 Å². The van der Waals surface area contributed by atoms with E-state index < -0.39 is 5.97 Å². The van der Waals surface area contributed by atoms with Crippen LogP contribution in [0.1, 0.15) is 26.5 Å². The van der Waals surface area contributed by atoms with Gasteiger partial charge in [0.15, 0.2) is 5.13 Å². The molecule has 0 saturated carbocycles. The Morgan fingerprint density at radius 2 is 2.00 bits per heavy atom. The molecule has 2 N–H and O–H groups in total. The molecule has 3 rings (SSSR count). The summed E-state index contributed by atoms with van der Waals surface area (Å²) in [7, 11) is 1.57. The molecule has 9 heteroatoms. The Kier molecular flexibility index (Phi) is 4.25. The van der Waals surface area contributed by atoms with Crippen molar-refractivity contribution in [3.05, 3.63) is 45.2 Å². The minimum atomic E-state index is -1.01. The lowest BCUT2D eigenvalue weighted by atomic mass is 10.2. The molecule has 0 unspecified atom stereocenters. The summed E-state index contributed by atoms with van der Waals surface area (Å²) in [5.41, 5.74) is 1.58. The first kappa shape index (κ1) is 16.8. The number of fused-ring (bicyclic) bond motifs is 1. The lowest BCUT2D eigenvalue weighted by Gasteiger charge is -2.12.